The first-order valence-electron chi connectivity index (χ1n) is 11.9. The van der Waals surface area contributed by atoms with Crippen molar-refractivity contribution in [3.8, 4) is 0 Å². The summed E-state index contributed by atoms with van der Waals surface area (Å²) in [6, 6.07) is 0. The van der Waals surface area contributed by atoms with Gasteiger partial charge in [-0.15, -0.1) is 69.3 Å². The van der Waals surface area contributed by atoms with Gasteiger partial charge in [0.15, 0.2) is 5.78 Å². The number of carbonyl (C=O) groups is 1. The number of halogens is 5. The van der Waals surface area contributed by atoms with Crippen molar-refractivity contribution in [3.63, 3.8) is 0 Å². The Morgan fingerprint density at radius 1 is 1.25 bits per heavy atom. The fraction of sp³-hybridized carbons (Fsp3) is 0.750. The summed E-state index contributed by atoms with van der Waals surface area (Å²) in [4.78, 5) is 15.8. The van der Waals surface area contributed by atoms with E-state index in [1.54, 1.807) is 5.38 Å². The monoisotopic (exact) mass is 621 g/mol. The van der Waals surface area contributed by atoms with Crippen molar-refractivity contribution >= 4 is 75.1 Å². The Hall–Kier alpha value is 0.330. The van der Waals surface area contributed by atoms with Crippen LogP contribution in [0.1, 0.15) is 61.6 Å². The number of aliphatic hydroxyl groups excluding tert-OH is 1. The molecule has 1 aromatic rings. The zero-order chi connectivity index (χ0) is 26.6. The van der Waals surface area contributed by atoms with Gasteiger partial charge in [0.1, 0.15) is 35.8 Å². The predicted octanol–water partition coefficient (Wildman–Crippen LogP) is 6.31. The van der Waals surface area contributed by atoms with Crippen LogP contribution in [0.4, 0.5) is 0 Å². The Bertz CT molecular complexity index is 891. The van der Waals surface area contributed by atoms with E-state index in [4.69, 9.17) is 72.2 Å². The minimum absolute atomic E-state index is 0.00191. The number of ketones is 1. The average molecular weight is 624 g/mol. The number of nitrogens with zero attached hydrogens (tertiary/aromatic N) is 1. The standard InChI is InChI=1S/C24H32Cl5NO5S/c1-4-13(25)7-14(26)5-6-17-23(35-17)20(29)19(28)15(27)8-18-11(2)22(34-10-33-18)21(32)24-30-16(9-36-24)12(3)31/h5-6,9,11,13-15,17-23,32H,4,7-8,10H2,1-3H3/b6-5-/t11-,13?,14?,15?,17-,18-,19?,20?,21?,22-,23+/m1/s1. The zero-order valence-corrected chi connectivity index (χ0v) is 24.8. The van der Waals surface area contributed by atoms with E-state index in [2.05, 4.69) is 4.98 Å². The van der Waals surface area contributed by atoms with E-state index in [-0.39, 0.29) is 47.6 Å². The lowest BCUT2D eigenvalue weighted by Gasteiger charge is -2.39. The molecule has 0 aromatic carbocycles. The third-order valence-electron chi connectivity index (χ3n) is 6.51. The van der Waals surface area contributed by atoms with Crippen LogP contribution in [0, 0.1) is 5.92 Å². The molecule has 11 atom stereocenters. The summed E-state index contributed by atoms with van der Waals surface area (Å²) >= 11 is 33.6. The van der Waals surface area contributed by atoms with Crippen molar-refractivity contribution in [3.05, 3.63) is 28.2 Å². The van der Waals surface area contributed by atoms with Gasteiger partial charge in [0, 0.05) is 23.6 Å². The van der Waals surface area contributed by atoms with Crippen molar-refractivity contribution in [2.45, 2.75) is 97.4 Å². The molecule has 1 N–H and O–H groups in total. The maximum Gasteiger partial charge on any atom is 0.178 e. The zero-order valence-electron chi connectivity index (χ0n) is 20.2. The summed E-state index contributed by atoms with van der Waals surface area (Å²) in [6.45, 7) is 5.37. The molecule has 0 bridgehead atoms. The molecule has 6 nitrogen and oxygen atoms in total. The number of Topliss-reactive ketones (excluding diaryl/α,β-unsaturated/α-hetero) is 1. The van der Waals surface area contributed by atoms with E-state index in [0.717, 1.165) is 6.42 Å². The lowest BCUT2D eigenvalue weighted by atomic mass is 9.89. The largest absolute Gasteiger partial charge is 0.383 e. The minimum atomic E-state index is -0.990. The molecular weight excluding hydrogens is 592 g/mol. The highest BCUT2D eigenvalue weighted by molar-refractivity contribution is 7.09. The highest BCUT2D eigenvalue weighted by Gasteiger charge is 2.48. The third kappa shape index (κ3) is 8.17. The highest BCUT2D eigenvalue weighted by Crippen LogP contribution is 2.39. The Balaban J connectivity index is 1.51. The van der Waals surface area contributed by atoms with Gasteiger partial charge in [-0.1, -0.05) is 26.0 Å². The lowest BCUT2D eigenvalue weighted by Crippen LogP contribution is -2.45. The predicted molar refractivity (Wildman–Crippen MR) is 146 cm³/mol. The number of hydrogen-bond donors (Lipinski definition) is 1. The van der Waals surface area contributed by atoms with Gasteiger partial charge < -0.3 is 19.3 Å². The molecular formula is C24H32Cl5NO5S. The molecule has 2 fully saturated rings. The molecule has 2 saturated heterocycles. The van der Waals surface area contributed by atoms with Crippen LogP contribution < -0.4 is 0 Å². The van der Waals surface area contributed by atoms with E-state index < -0.39 is 28.3 Å². The van der Waals surface area contributed by atoms with Crippen LogP contribution in [0.25, 0.3) is 0 Å². The van der Waals surface area contributed by atoms with Crippen LogP contribution in [-0.2, 0) is 14.2 Å². The summed E-state index contributed by atoms with van der Waals surface area (Å²) in [5.74, 6) is -0.364. The molecule has 12 heteroatoms. The number of carbonyl (C=O) groups excluding carboxylic acids is 1. The van der Waals surface area contributed by atoms with Crippen molar-refractivity contribution in [2.75, 3.05) is 6.79 Å². The Morgan fingerprint density at radius 2 is 1.97 bits per heavy atom. The molecule has 3 heterocycles. The number of aliphatic hydroxyl groups is 1. The fourth-order valence-electron chi connectivity index (χ4n) is 4.11. The van der Waals surface area contributed by atoms with Gasteiger partial charge in [-0.05, 0) is 19.3 Å². The SMILES string of the molecule is CCC(Cl)CC(Cl)/C=C\[C@H]1O[C@@H]1C(Cl)C(Cl)C(Cl)C[C@H]1OCO[C@@H](C(O)c2nc(C(C)=O)cs2)[C@@H]1C. The second-order valence-electron chi connectivity index (χ2n) is 9.23. The molecule has 36 heavy (non-hydrogen) atoms. The molecule has 6 unspecified atom stereocenters. The number of thiazole rings is 1. The molecule has 2 aliphatic rings. The van der Waals surface area contributed by atoms with Gasteiger partial charge in [0.2, 0.25) is 0 Å². The van der Waals surface area contributed by atoms with E-state index in [1.165, 1.54) is 18.3 Å². The van der Waals surface area contributed by atoms with Crippen molar-refractivity contribution in [2.24, 2.45) is 5.92 Å². The summed E-state index contributed by atoms with van der Waals surface area (Å²) in [5, 5.41) is 11.2. The van der Waals surface area contributed by atoms with E-state index in [1.807, 2.05) is 26.0 Å². The smallest absolute Gasteiger partial charge is 0.178 e. The van der Waals surface area contributed by atoms with Gasteiger partial charge in [-0.2, -0.15) is 0 Å². The van der Waals surface area contributed by atoms with Crippen molar-refractivity contribution in [1.82, 2.24) is 4.98 Å². The number of hydrogen-bond acceptors (Lipinski definition) is 7. The number of rotatable bonds is 13. The summed E-state index contributed by atoms with van der Waals surface area (Å²) in [6.07, 6.45) is 3.45. The van der Waals surface area contributed by atoms with Crippen LogP contribution in [0.3, 0.4) is 0 Å². The Kier molecular flexibility index (Phi) is 12.1. The Morgan fingerprint density at radius 3 is 2.61 bits per heavy atom. The molecule has 204 valence electrons. The number of allylic oxidation sites excluding steroid dienone is 1. The van der Waals surface area contributed by atoms with Gasteiger partial charge in [-0.3, -0.25) is 4.79 Å². The number of ether oxygens (including phenoxy) is 3. The average Bonchev–Trinajstić information content (AvgIpc) is 3.45. The fourth-order valence-corrected chi connectivity index (χ4v) is 6.60. The first-order valence-corrected chi connectivity index (χ1v) is 15.0. The van der Waals surface area contributed by atoms with Gasteiger partial charge in [-0.25, -0.2) is 4.98 Å². The third-order valence-corrected chi connectivity index (χ3v) is 10.0. The molecule has 1 aromatic heterocycles. The van der Waals surface area contributed by atoms with Crippen LogP contribution in [0.5, 0.6) is 0 Å². The lowest BCUT2D eigenvalue weighted by molar-refractivity contribution is -0.230. The number of epoxide rings is 1. The Labute approximate surface area is 241 Å². The quantitative estimate of drug-likeness (QED) is 0.120. The van der Waals surface area contributed by atoms with Gasteiger partial charge >= 0.3 is 0 Å². The highest BCUT2D eigenvalue weighted by atomic mass is 35.5. The summed E-state index contributed by atoms with van der Waals surface area (Å²) < 4.78 is 17.2. The summed E-state index contributed by atoms with van der Waals surface area (Å²) in [7, 11) is 0. The molecule has 0 saturated carbocycles. The van der Waals surface area contributed by atoms with E-state index in [9.17, 15) is 9.90 Å². The molecule has 0 spiro atoms. The van der Waals surface area contributed by atoms with Crippen molar-refractivity contribution < 1.29 is 24.1 Å². The van der Waals surface area contributed by atoms with Gasteiger partial charge in [0.05, 0.1) is 33.7 Å². The molecule has 0 radical (unpaired) electrons. The van der Waals surface area contributed by atoms with Crippen LogP contribution in [0.15, 0.2) is 17.5 Å². The first kappa shape index (κ1) is 30.9. The van der Waals surface area contributed by atoms with Crippen molar-refractivity contribution in [1.29, 1.82) is 0 Å². The second kappa shape index (κ2) is 14.1. The van der Waals surface area contributed by atoms with Crippen LogP contribution in [0.2, 0.25) is 0 Å². The normalized spacial score (nSPS) is 31.5. The summed E-state index contributed by atoms with van der Waals surface area (Å²) in [5.41, 5.74) is 0.325. The van der Waals surface area contributed by atoms with Crippen LogP contribution in [-0.4, -0.2) is 74.0 Å². The minimum Gasteiger partial charge on any atom is -0.383 e. The second-order valence-corrected chi connectivity index (χ2v) is 12.9. The topological polar surface area (TPSA) is 81.2 Å². The molecule has 2 aliphatic heterocycles. The van der Waals surface area contributed by atoms with E-state index in [0.29, 0.717) is 23.5 Å². The number of alkyl halides is 5. The first-order chi connectivity index (χ1) is 17.0. The van der Waals surface area contributed by atoms with E-state index >= 15 is 0 Å². The van der Waals surface area contributed by atoms with Gasteiger partial charge in [0.25, 0.3) is 0 Å². The maximum atomic E-state index is 11.6. The molecule has 3 rings (SSSR count). The van der Waals surface area contributed by atoms with Crippen LogP contribution >= 0.6 is 69.3 Å². The molecule has 0 amide bonds. The maximum absolute atomic E-state index is 11.6. The number of aromatic nitrogens is 1. The molecule has 0 aliphatic carbocycles.